The third kappa shape index (κ3) is 3.16. The number of halogens is 3. The second-order valence-corrected chi connectivity index (χ2v) is 8.28. The minimum Gasteiger partial charge on any atom is -0.263 e. The molecule has 1 N–H and O–H groups in total. The normalized spacial score (nSPS) is 11.5. The topological polar surface area (TPSA) is 59.1 Å². The number of pyridine rings is 1. The van der Waals surface area contributed by atoms with E-state index < -0.39 is 10.0 Å². The highest BCUT2D eigenvalue weighted by Gasteiger charge is 2.19. The lowest BCUT2D eigenvalue weighted by Gasteiger charge is -2.04. The molecule has 4 nitrogen and oxygen atoms in total. The van der Waals surface area contributed by atoms with E-state index in [1.54, 1.807) is 6.07 Å². The summed E-state index contributed by atoms with van der Waals surface area (Å²) < 4.78 is 27.0. The van der Waals surface area contributed by atoms with E-state index in [1.165, 1.54) is 18.3 Å². The molecule has 2 rings (SSSR count). The van der Waals surface area contributed by atoms with Gasteiger partial charge in [0, 0.05) is 6.20 Å². The van der Waals surface area contributed by atoms with Gasteiger partial charge in [-0.3, -0.25) is 4.72 Å². The van der Waals surface area contributed by atoms with Crippen molar-refractivity contribution in [3.63, 3.8) is 0 Å². The maximum absolute atomic E-state index is 12.0. The van der Waals surface area contributed by atoms with Crippen LogP contribution in [0, 0.1) is 0 Å². The Labute approximate surface area is 126 Å². The van der Waals surface area contributed by atoms with Crippen LogP contribution in [0.5, 0.6) is 0 Å². The molecule has 96 valence electrons. The third-order valence-corrected chi connectivity index (χ3v) is 6.38. The van der Waals surface area contributed by atoms with Crippen molar-refractivity contribution in [1.29, 1.82) is 0 Å². The average Bonchev–Trinajstić information content (AvgIpc) is 2.63. The first-order valence-electron chi connectivity index (χ1n) is 4.48. The molecule has 0 unspecified atom stereocenters. The summed E-state index contributed by atoms with van der Waals surface area (Å²) in [5, 5.41) is 0.782. The second kappa shape index (κ2) is 5.34. The third-order valence-electron chi connectivity index (χ3n) is 1.85. The van der Waals surface area contributed by atoms with Gasteiger partial charge < -0.3 is 0 Å². The fourth-order valence-electron chi connectivity index (χ4n) is 1.08. The Hall–Kier alpha value is -0.340. The molecule has 9 heteroatoms. The molecule has 0 bridgehead atoms. The second-order valence-electron chi connectivity index (χ2n) is 3.15. The largest absolute Gasteiger partial charge is 0.272 e. The van der Waals surface area contributed by atoms with Crippen LogP contribution >= 0.6 is 50.5 Å². The zero-order valence-corrected chi connectivity index (χ0v) is 13.3. The summed E-state index contributed by atoms with van der Waals surface area (Å²) in [7, 11) is -3.68. The lowest BCUT2D eigenvalue weighted by Crippen LogP contribution is -2.12. The Kier molecular flexibility index (Phi) is 4.18. The van der Waals surface area contributed by atoms with Crippen LogP contribution in [0.3, 0.4) is 0 Å². The summed E-state index contributed by atoms with van der Waals surface area (Å²) in [5.41, 5.74) is 0. The monoisotopic (exact) mass is 386 g/mol. The summed E-state index contributed by atoms with van der Waals surface area (Å²) in [6.07, 6.45) is 1.36. The predicted octanol–water partition coefficient (Wildman–Crippen LogP) is 4.01. The first-order valence-corrected chi connectivity index (χ1v) is 8.32. The minimum absolute atomic E-state index is 0.108. The van der Waals surface area contributed by atoms with Gasteiger partial charge in [0.05, 0.1) is 13.8 Å². The van der Waals surface area contributed by atoms with Crippen molar-refractivity contribution in [3.05, 3.63) is 38.2 Å². The number of nitrogens with zero attached hydrogens (tertiary/aromatic N) is 1. The molecule has 0 aliphatic carbocycles. The molecule has 2 aromatic rings. The standard InChI is InChI=1S/C9H5BrCl2N2O2S2/c10-9-6(12)3-8(17-9)18(15,16)14-7-2-1-5(11)4-13-7/h1-4H,(H,13,14). The molecule has 18 heavy (non-hydrogen) atoms. The molecule has 2 aromatic heterocycles. The van der Waals surface area contributed by atoms with Crippen molar-refractivity contribution in [3.8, 4) is 0 Å². The molecule has 0 aliphatic rings. The van der Waals surface area contributed by atoms with Crippen molar-refractivity contribution in [1.82, 2.24) is 4.98 Å². The summed E-state index contributed by atoms with van der Waals surface area (Å²) in [6.45, 7) is 0. The predicted molar refractivity (Wildman–Crippen MR) is 77.1 cm³/mol. The SMILES string of the molecule is O=S(=O)(Nc1ccc(Cl)cn1)c1cc(Cl)c(Br)s1. The fourth-order valence-corrected chi connectivity index (χ4v) is 4.60. The van der Waals surface area contributed by atoms with Gasteiger partial charge in [0.25, 0.3) is 10.0 Å². The molecule has 0 radical (unpaired) electrons. The van der Waals surface area contributed by atoms with Gasteiger partial charge in [-0.15, -0.1) is 11.3 Å². The van der Waals surface area contributed by atoms with Gasteiger partial charge in [0.1, 0.15) is 10.0 Å². The van der Waals surface area contributed by atoms with E-state index in [4.69, 9.17) is 23.2 Å². The lowest BCUT2D eigenvalue weighted by molar-refractivity contribution is 0.603. The fraction of sp³-hybridized carbons (Fsp3) is 0. The molecule has 0 saturated carbocycles. The quantitative estimate of drug-likeness (QED) is 0.865. The Morgan fingerprint density at radius 1 is 1.33 bits per heavy atom. The number of anilines is 1. The van der Waals surface area contributed by atoms with Gasteiger partial charge in [-0.1, -0.05) is 23.2 Å². The highest BCUT2D eigenvalue weighted by molar-refractivity contribution is 9.11. The van der Waals surface area contributed by atoms with E-state index in [1.807, 2.05) is 0 Å². The van der Waals surface area contributed by atoms with Crippen LogP contribution in [0.1, 0.15) is 0 Å². The molecular formula is C9H5BrCl2N2O2S2. The lowest BCUT2D eigenvalue weighted by atomic mass is 10.5. The summed E-state index contributed by atoms with van der Waals surface area (Å²) in [5.74, 6) is 0.194. The van der Waals surface area contributed by atoms with Gasteiger partial charge in [-0.2, -0.15) is 0 Å². The van der Waals surface area contributed by atoms with Crippen molar-refractivity contribution >= 4 is 66.3 Å². The molecular weight excluding hydrogens is 383 g/mol. The van der Waals surface area contributed by atoms with Gasteiger partial charge in [-0.25, -0.2) is 13.4 Å². The molecule has 0 saturated heterocycles. The van der Waals surface area contributed by atoms with Gasteiger partial charge in [0.15, 0.2) is 0 Å². The molecule has 2 heterocycles. The molecule has 0 fully saturated rings. The van der Waals surface area contributed by atoms with Crippen LogP contribution in [-0.2, 0) is 10.0 Å². The molecule has 0 aliphatic heterocycles. The Balaban J connectivity index is 2.29. The number of hydrogen-bond donors (Lipinski definition) is 1. The van der Waals surface area contributed by atoms with Crippen LogP contribution < -0.4 is 4.72 Å². The first kappa shape index (κ1) is 14.1. The van der Waals surface area contributed by atoms with Crippen molar-refractivity contribution in [2.45, 2.75) is 4.21 Å². The number of rotatable bonds is 3. The summed E-state index contributed by atoms with van der Waals surface area (Å²) >= 11 is 15.6. The van der Waals surface area contributed by atoms with E-state index in [0.717, 1.165) is 11.3 Å². The number of hydrogen-bond acceptors (Lipinski definition) is 4. The number of nitrogens with one attached hydrogen (secondary N) is 1. The Morgan fingerprint density at radius 3 is 2.56 bits per heavy atom. The number of sulfonamides is 1. The van der Waals surface area contributed by atoms with Crippen molar-refractivity contribution < 1.29 is 8.42 Å². The van der Waals surface area contributed by atoms with Crippen LogP contribution in [0.2, 0.25) is 10.0 Å². The molecule has 0 spiro atoms. The van der Waals surface area contributed by atoms with Crippen LogP contribution in [0.25, 0.3) is 0 Å². The maximum atomic E-state index is 12.0. The van der Waals surface area contributed by atoms with E-state index in [-0.39, 0.29) is 10.0 Å². The van der Waals surface area contributed by atoms with E-state index in [0.29, 0.717) is 13.8 Å². The maximum Gasteiger partial charge on any atom is 0.272 e. The summed E-state index contributed by atoms with van der Waals surface area (Å²) in [4.78, 5) is 3.86. The zero-order chi connectivity index (χ0) is 13.3. The molecule has 0 amide bonds. The summed E-state index contributed by atoms with van der Waals surface area (Å²) in [6, 6.07) is 4.39. The van der Waals surface area contributed by atoms with Crippen molar-refractivity contribution in [2.24, 2.45) is 0 Å². The minimum atomic E-state index is -3.68. The van der Waals surface area contributed by atoms with Crippen molar-refractivity contribution in [2.75, 3.05) is 4.72 Å². The number of thiophene rings is 1. The van der Waals surface area contributed by atoms with Crippen LogP contribution in [0.4, 0.5) is 5.82 Å². The average molecular weight is 388 g/mol. The van der Waals surface area contributed by atoms with Crippen LogP contribution in [-0.4, -0.2) is 13.4 Å². The van der Waals surface area contributed by atoms with E-state index in [2.05, 4.69) is 25.6 Å². The van der Waals surface area contributed by atoms with Gasteiger partial charge in [0.2, 0.25) is 0 Å². The Bertz CT molecular complexity index is 651. The highest BCUT2D eigenvalue weighted by atomic mass is 79.9. The smallest absolute Gasteiger partial charge is 0.263 e. The van der Waals surface area contributed by atoms with E-state index in [9.17, 15) is 8.42 Å². The van der Waals surface area contributed by atoms with Gasteiger partial charge in [-0.05, 0) is 34.1 Å². The Morgan fingerprint density at radius 2 is 2.06 bits per heavy atom. The van der Waals surface area contributed by atoms with Gasteiger partial charge >= 0.3 is 0 Å². The number of aromatic nitrogens is 1. The molecule has 0 aromatic carbocycles. The van der Waals surface area contributed by atoms with E-state index >= 15 is 0 Å². The highest BCUT2D eigenvalue weighted by Crippen LogP contribution is 2.35. The zero-order valence-electron chi connectivity index (χ0n) is 8.52. The van der Waals surface area contributed by atoms with Crippen LogP contribution in [0.15, 0.2) is 32.4 Å². The molecule has 0 atom stereocenters. The first-order chi connectivity index (χ1) is 8.38.